The van der Waals surface area contributed by atoms with E-state index in [1.165, 1.54) is 18.5 Å². The van der Waals surface area contributed by atoms with E-state index in [-0.39, 0.29) is 24.5 Å². The smallest absolute Gasteiger partial charge is 0.222 e. The van der Waals surface area contributed by atoms with Gasteiger partial charge in [-0.05, 0) is 42.3 Å². The number of hydrogen-bond donors (Lipinski definition) is 0. The second-order valence-corrected chi connectivity index (χ2v) is 7.23. The van der Waals surface area contributed by atoms with Gasteiger partial charge in [0.15, 0.2) is 5.78 Å². The quantitative estimate of drug-likeness (QED) is 0.392. The molecule has 1 amide bonds. The first-order valence-electron chi connectivity index (χ1n) is 10.0. The van der Waals surface area contributed by atoms with E-state index in [0.717, 1.165) is 0 Å². The summed E-state index contributed by atoms with van der Waals surface area (Å²) in [6, 6.07) is 11.1. The fourth-order valence-electron chi connectivity index (χ4n) is 3.21. The molecule has 2 heterocycles. The monoisotopic (exact) mass is 423 g/mol. The molecule has 0 bridgehead atoms. The fourth-order valence-corrected chi connectivity index (χ4v) is 3.21. The highest BCUT2D eigenvalue weighted by molar-refractivity contribution is 5.96. The number of rotatable bonds is 8. The Labute approximate surface area is 179 Å². The lowest BCUT2D eigenvalue weighted by Crippen LogP contribution is -2.25. The van der Waals surface area contributed by atoms with Crippen LogP contribution in [0.3, 0.4) is 0 Å². The molecule has 3 aromatic rings. The summed E-state index contributed by atoms with van der Waals surface area (Å²) in [5, 5.41) is 0. The maximum atomic E-state index is 14.6. The Kier molecular flexibility index (Phi) is 7.18. The first-order valence-corrected chi connectivity index (χ1v) is 10.0. The summed E-state index contributed by atoms with van der Waals surface area (Å²) < 4.78 is 28.2. The Hall–Kier alpha value is -3.48. The number of aryl methyl sites for hydroxylation is 1. The molecule has 3 rings (SSSR count). The van der Waals surface area contributed by atoms with Crippen LogP contribution >= 0.6 is 0 Å². The van der Waals surface area contributed by atoms with Gasteiger partial charge in [0, 0.05) is 55.5 Å². The van der Waals surface area contributed by atoms with Gasteiger partial charge in [-0.1, -0.05) is 19.1 Å². The number of aromatic nitrogens is 2. The normalized spacial score (nSPS) is 10.7. The number of carbonyl (C=O) groups excluding carboxylic acids is 2. The molecule has 0 atom stereocenters. The van der Waals surface area contributed by atoms with Crippen molar-refractivity contribution in [3.8, 4) is 11.3 Å². The Morgan fingerprint density at radius 2 is 1.87 bits per heavy atom. The zero-order valence-electron chi connectivity index (χ0n) is 17.4. The second kappa shape index (κ2) is 10.0. The average Bonchev–Trinajstić information content (AvgIpc) is 2.78. The van der Waals surface area contributed by atoms with Gasteiger partial charge in [-0.25, -0.2) is 9.37 Å². The number of pyridine rings is 2. The molecule has 5 nitrogen and oxygen atoms in total. The summed E-state index contributed by atoms with van der Waals surface area (Å²) in [5.41, 5.74) is 2.15. The average molecular weight is 423 g/mol. The fraction of sp³-hybridized carbons (Fsp3) is 0.250. The standard InChI is InChI=1S/C24H23F2N3O2/c1-3-23(31)29(2)15-16-6-9-19(20(25)13-16)21-10-7-18(14-28-21)22(30)11-8-17-5-4-12-27-24(17)26/h4-7,9-10,12-14H,3,8,11,15H2,1-2H3. The molecular formula is C24H23F2N3O2. The number of ketones is 1. The number of benzene rings is 1. The molecule has 160 valence electrons. The van der Waals surface area contributed by atoms with Crippen molar-refractivity contribution in [3.63, 3.8) is 0 Å². The maximum absolute atomic E-state index is 14.6. The van der Waals surface area contributed by atoms with Crippen LogP contribution in [0.4, 0.5) is 8.78 Å². The van der Waals surface area contributed by atoms with Crippen molar-refractivity contribution in [1.82, 2.24) is 14.9 Å². The lowest BCUT2D eigenvalue weighted by atomic mass is 10.0. The number of hydrogen-bond acceptors (Lipinski definition) is 4. The molecule has 2 aromatic heterocycles. The lowest BCUT2D eigenvalue weighted by molar-refractivity contribution is -0.130. The maximum Gasteiger partial charge on any atom is 0.222 e. The highest BCUT2D eigenvalue weighted by Crippen LogP contribution is 2.23. The van der Waals surface area contributed by atoms with Gasteiger partial charge in [-0.15, -0.1) is 0 Å². The van der Waals surface area contributed by atoms with Crippen LogP contribution in [0.15, 0.2) is 54.9 Å². The minimum absolute atomic E-state index is 0.0160. The third-order valence-corrected chi connectivity index (χ3v) is 5.00. The van der Waals surface area contributed by atoms with Crippen LogP contribution in [-0.2, 0) is 17.8 Å². The predicted octanol–water partition coefficient (Wildman–Crippen LogP) is 4.61. The van der Waals surface area contributed by atoms with Crippen LogP contribution in [0.2, 0.25) is 0 Å². The van der Waals surface area contributed by atoms with Crippen LogP contribution in [0.25, 0.3) is 11.3 Å². The molecular weight excluding hydrogens is 400 g/mol. The van der Waals surface area contributed by atoms with E-state index in [4.69, 9.17) is 0 Å². The van der Waals surface area contributed by atoms with Crippen molar-refractivity contribution in [1.29, 1.82) is 0 Å². The summed E-state index contributed by atoms with van der Waals surface area (Å²) in [7, 11) is 1.68. The number of Topliss-reactive ketones (excluding diaryl/α,β-unsaturated/α-hetero) is 1. The van der Waals surface area contributed by atoms with Crippen LogP contribution in [-0.4, -0.2) is 33.6 Å². The van der Waals surface area contributed by atoms with E-state index in [2.05, 4.69) is 9.97 Å². The molecule has 0 aliphatic heterocycles. The van der Waals surface area contributed by atoms with E-state index in [1.54, 1.807) is 55.3 Å². The van der Waals surface area contributed by atoms with E-state index in [1.807, 2.05) is 0 Å². The molecule has 0 saturated heterocycles. The number of halogens is 2. The Balaban J connectivity index is 1.67. The Bertz CT molecular complexity index is 1080. The summed E-state index contributed by atoms with van der Waals surface area (Å²) in [5.74, 6) is -1.22. The Morgan fingerprint density at radius 1 is 1.06 bits per heavy atom. The Morgan fingerprint density at radius 3 is 2.52 bits per heavy atom. The van der Waals surface area contributed by atoms with Gasteiger partial charge in [0.25, 0.3) is 0 Å². The first-order chi connectivity index (χ1) is 14.9. The number of carbonyl (C=O) groups is 2. The summed E-state index contributed by atoms with van der Waals surface area (Å²) in [6.45, 7) is 2.10. The molecule has 1 aromatic carbocycles. The minimum atomic E-state index is -0.576. The summed E-state index contributed by atoms with van der Waals surface area (Å²) in [4.78, 5) is 33.4. The molecule has 31 heavy (non-hydrogen) atoms. The largest absolute Gasteiger partial charge is 0.341 e. The summed E-state index contributed by atoms with van der Waals surface area (Å²) in [6.07, 6.45) is 3.52. The predicted molar refractivity (Wildman–Crippen MR) is 113 cm³/mol. The molecule has 0 fully saturated rings. The minimum Gasteiger partial charge on any atom is -0.341 e. The highest BCUT2D eigenvalue weighted by atomic mass is 19.1. The third-order valence-electron chi connectivity index (χ3n) is 5.00. The van der Waals surface area contributed by atoms with Gasteiger partial charge in [-0.3, -0.25) is 14.6 Å². The zero-order chi connectivity index (χ0) is 22.4. The molecule has 0 N–H and O–H groups in total. The lowest BCUT2D eigenvalue weighted by Gasteiger charge is -2.16. The van der Waals surface area contributed by atoms with Crippen molar-refractivity contribution < 1.29 is 18.4 Å². The van der Waals surface area contributed by atoms with E-state index < -0.39 is 11.8 Å². The SMILES string of the molecule is CCC(=O)N(C)Cc1ccc(-c2ccc(C(=O)CCc3cccnc3F)cn2)c(F)c1. The van der Waals surface area contributed by atoms with Gasteiger partial charge in [0.2, 0.25) is 11.9 Å². The van der Waals surface area contributed by atoms with Crippen LogP contribution < -0.4 is 0 Å². The molecule has 0 radical (unpaired) electrons. The van der Waals surface area contributed by atoms with E-state index >= 15 is 0 Å². The zero-order valence-corrected chi connectivity index (χ0v) is 17.4. The van der Waals surface area contributed by atoms with Gasteiger partial charge in [-0.2, -0.15) is 4.39 Å². The van der Waals surface area contributed by atoms with Gasteiger partial charge in [0.1, 0.15) is 5.82 Å². The molecule has 0 saturated carbocycles. The van der Waals surface area contributed by atoms with Crippen LogP contribution in [0.1, 0.15) is 41.3 Å². The topological polar surface area (TPSA) is 63.2 Å². The van der Waals surface area contributed by atoms with Crippen molar-refractivity contribution in [2.75, 3.05) is 7.05 Å². The molecule has 0 spiro atoms. The third kappa shape index (κ3) is 5.57. The van der Waals surface area contributed by atoms with Crippen molar-refractivity contribution in [3.05, 3.63) is 83.3 Å². The van der Waals surface area contributed by atoms with Crippen LogP contribution in [0, 0.1) is 11.8 Å². The molecule has 0 unspecified atom stereocenters. The highest BCUT2D eigenvalue weighted by Gasteiger charge is 2.13. The van der Waals surface area contributed by atoms with Crippen molar-refractivity contribution >= 4 is 11.7 Å². The number of nitrogens with zero attached hydrogens (tertiary/aromatic N) is 3. The second-order valence-electron chi connectivity index (χ2n) is 7.23. The van der Waals surface area contributed by atoms with E-state index in [0.29, 0.717) is 40.9 Å². The number of amides is 1. The molecule has 7 heteroatoms. The van der Waals surface area contributed by atoms with Crippen molar-refractivity contribution in [2.24, 2.45) is 0 Å². The molecule has 0 aliphatic carbocycles. The van der Waals surface area contributed by atoms with E-state index in [9.17, 15) is 18.4 Å². The first kappa shape index (κ1) is 22.2. The van der Waals surface area contributed by atoms with Crippen LogP contribution in [0.5, 0.6) is 0 Å². The van der Waals surface area contributed by atoms with Gasteiger partial charge >= 0.3 is 0 Å². The van der Waals surface area contributed by atoms with Crippen molar-refractivity contribution in [2.45, 2.75) is 32.7 Å². The summed E-state index contributed by atoms with van der Waals surface area (Å²) >= 11 is 0. The van der Waals surface area contributed by atoms with Gasteiger partial charge < -0.3 is 4.90 Å². The van der Waals surface area contributed by atoms with Gasteiger partial charge in [0.05, 0.1) is 5.69 Å². The molecule has 0 aliphatic rings.